The summed E-state index contributed by atoms with van der Waals surface area (Å²) in [7, 11) is 0. The lowest BCUT2D eigenvalue weighted by atomic mass is 9.97. The van der Waals surface area contributed by atoms with E-state index < -0.39 is 0 Å². The highest BCUT2D eigenvalue weighted by Crippen LogP contribution is 2.23. The first-order valence-electron chi connectivity index (χ1n) is 7.39. The summed E-state index contributed by atoms with van der Waals surface area (Å²) in [5, 5.41) is 0. The van der Waals surface area contributed by atoms with Gasteiger partial charge in [0, 0.05) is 0 Å². The molecule has 1 aliphatic rings. The molecule has 0 heteroatoms. The molecule has 0 heterocycles. The van der Waals surface area contributed by atoms with Gasteiger partial charge in [-0.15, -0.1) is 0 Å². The average Bonchev–Trinajstić information content (AvgIpc) is 2.85. The van der Waals surface area contributed by atoms with Gasteiger partial charge in [0.15, 0.2) is 0 Å². The third-order valence-corrected chi connectivity index (χ3v) is 4.34. The minimum atomic E-state index is 1.16. The molecule has 0 N–H and O–H groups in total. The predicted molar refractivity (Wildman–Crippen MR) is 81.8 cm³/mol. The van der Waals surface area contributed by atoms with E-state index in [-0.39, 0.29) is 0 Å². The molecule has 0 aromatic heterocycles. The Balaban J connectivity index is 1.72. The first-order chi connectivity index (χ1) is 9.22. The highest BCUT2D eigenvalue weighted by Gasteiger charge is 2.10. The molecule has 98 valence electrons. The lowest BCUT2D eigenvalue weighted by molar-refractivity contribution is 0.910. The summed E-state index contributed by atoms with van der Waals surface area (Å²) >= 11 is 0. The van der Waals surface area contributed by atoms with Crippen molar-refractivity contribution in [1.29, 1.82) is 0 Å². The van der Waals surface area contributed by atoms with Crippen LogP contribution in [0.5, 0.6) is 0 Å². The number of rotatable bonds is 3. The lowest BCUT2D eigenvalue weighted by Gasteiger charge is -2.08. The summed E-state index contributed by atoms with van der Waals surface area (Å²) in [5.41, 5.74) is 8.96. The second-order valence-corrected chi connectivity index (χ2v) is 5.89. The van der Waals surface area contributed by atoms with Crippen molar-refractivity contribution in [3.63, 3.8) is 0 Å². The van der Waals surface area contributed by atoms with Crippen LogP contribution >= 0.6 is 0 Å². The van der Waals surface area contributed by atoms with Crippen LogP contribution in [0.25, 0.3) is 0 Å². The third-order valence-electron chi connectivity index (χ3n) is 4.34. The number of fused-ring (bicyclic) bond motifs is 1. The fraction of sp³-hybridized carbons (Fsp3) is 0.368. The largest absolute Gasteiger partial charge is 0.0590 e. The molecule has 2 aromatic carbocycles. The van der Waals surface area contributed by atoms with Gasteiger partial charge in [-0.3, -0.25) is 0 Å². The van der Waals surface area contributed by atoms with Crippen molar-refractivity contribution in [2.24, 2.45) is 0 Å². The van der Waals surface area contributed by atoms with Gasteiger partial charge in [0.1, 0.15) is 0 Å². The van der Waals surface area contributed by atoms with Gasteiger partial charge in [-0.25, -0.2) is 0 Å². The van der Waals surface area contributed by atoms with Gasteiger partial charge in [0.2, 0.25) is 0 Å². The molecule has 3 rings (SSSR count). The number of hydrogen-bond donors (Lipinski definition) is 0. The smallest absolute Gasteiger partial charge is 0.0236 e. The van der Waals surface area contributed by atoms with Crippen LogP contribution in [0, 0.1) is 13.8 Å². The van der Waals surface area contributed by atoms with Crippen LogP contribution in [-0.2, 0) is 25.7 Å². The maximum atomic E-state index is 2.44. The zero-order valence-electron chi connectivity index (χ0n) is 12.0. The molecule has 0 fully saturated rings. The van der Waals surface area contributed by atoms with Crippen LogP contribution < -0.4 is 0 Å². The summed E-state index contributed by atoms with van der Waals surface area (Å²) in [6.45, 7) is 4.39. The molecule has 0 bridgehead atoms. The first kappa shape index (κ1) is 12.5. The number of hydrogen-bond acceptors (Lipinski definition) is 0. The Kier molecular flexibility index (Phi) is 3.42. The van der Waals surface area contributed by atoms with Crippen LogP contribution in [0.3, 0.4) is 0 Å². The summed E-state index contributed by atoms with van der Waals surface area (Å²) < 4.78 is 0. The molecule has 0 radical (unpaired) electrons. The SMILES string of the molecule is Cc1ccc(CCc2ccc3c(c2)CCC3)c(C)c1. The van der Waals surface area contributed by atoms with Gasteiger partial charge in [-0.2, -0.15) is 0 Å². The van der Waals surface area contributed by atoms with Gasteiger partial charge >= 0.3 is 0 Å². The topological polar surface area (TPSA) is 0 Å². The molecule has 0 saturated heterocycles. The molecule has 1 aliphatic carbocycles. The highest BCUT2D eigenvalue weighted by molar-refractivity contribution is 5.36. The molecule has 19 heavy (non-hydrogen) atoms. The third kappa shape index (κ3) is 2.73. The minimum absolute atomic E-state index is 1.16. The van der Waals surface area contributed by atoms with E-state index in [1.54, 1.807) is 11.1 Å². The Morgan fingerprint density at radius 2 is 1.68 bits per heavy atom. The van der Waals surface area contributed by atoms with Crippen molar-refractivity contribution in [2.75, 3.05) is 0 Å². The van der Waals surface area contributed by atoms with Crippen molar-refractivity contribution in [1.82, 2.24) is 0 Å². The molecular formula is C19H22. The van der Waals surface area contributed by atoms with Gasteiger partial charge in [0.25, 0.3) is 0 Å². The number of benzene rings is 2. The number of aryl methyl sites for hydroxylation is 6. The Labute approximate surface area is 116 Å². The molecule has 0 unspecified atom stereocenters. The van der Waals surface area contributed by atoms with E-state index in [0.717, 1.165) is 12.8 Å². The molecule has 0 atom stereocenters. The molecule has 0 amide bonds. The van der Waals surface area contributed by atoms with Gasteiger partial charge in [-0.1, -0.05) is 42.0 Å². The molecular weight excluding hydrogens is 228 g/mol. The second kappa shape index (κ2) is 5.21. The van der Waals surface area contributed by atoms with Crippen LogP contribution in [0.4, 0.5) is 0 Å². The van der Waals surface area contributed by atoms with E-state index in [2.05, 4.69) is 50.2 Å². The van der Waals surface area contributed by atoms with Crippen molar-refractivity contribution in [3.8, 4) is 0 Å². The van der Waals surface area contributed by atoms with E-state index in [4.69, 9.17) is 0 Å². The van der Waals surface area contributed by atoms with Crippen molar-refractivity contribution < 1.29 is 0 Å². The quantitative estimate of drug-likeness (QED) is 0.748. The van der Waals surface area contributed by atoms with E-state index in [9.17, 15) is 0 Å². The maximum Gasteiger partial charge on any atom is -0.0236 e. The monoisotopic (exact) mass is 250 g/mol. The summed E-state index contributed by atoms with van der Waals surface area (Å²) in [4.78, 5) is 0. The molecule has 0 nitrogen and oxygen atoms in total. The Morgan fingerprint density at radius 3 is 2.53 bits per heavy atom. The Hall–Kier alpha value is -1.56. The summed E-state index contributed by atoms with van der Waals surface area (Å²) in [5.74, 6) is 0. The standard InChI is InChI=1S/C19H22/c1-14-6-9-17(15(2)12-14)10-7-16-8-11-18-4-3-5-19(18)13-16/h6,8-9,11-13H,3-5,7,10H2,1-2H3. The fourth-order valence-electron chi connectivity index (χ4n) is 3.19. The van der Waals surface area contributed by atoms with Crippen LogP contribution in [-0.4, -0.2) is 0 Å². The Morgan fingerprint density at radius 1 is 0.842 bits per heavy atom. The molecule has 0 spiro atoms. The van der Waals surface area contributed by atoms with Crippen LogP contribution in [0.15, 0.2) is 36.4 Å². The zero-order chi connectivity index (χ0) is 13.2. The second-order valence-electron chi connectivity index (χ2n) is 5.89. The van der Waals surface area contributed by atoms with E-state index in [1.165, 1.54) is 41.5 Å². The van der Waals surface area contributed by atoms with Crippen LogP contribution in [0.1, 0.15) is 39.8 Å². The molecule has 0 aliphatic heterocycles. The van der Waals surface area contributed by atoms with E-state index >= 15 is 0 Å². The van der Waals surface area contributed by atoms with E-state index in [1.807, 2.05) is 0 Å². The predicted octanol–water partition coefficient (Wildman–Crippen LogP) is 4.58. The van der Waals surface area contributed by atoms with Gasteiger partial charge < -0.3 is 0 Å². The lowest BCUT2D eigenvalue weighted by Crippen LogP contribution is -1.96. The highest BCUT2D eigenvalue weighted by atomic mass is 14.2. The van der Waals surface area contributed by atoms with E-state index in [0.29, 0.717) is 0 Å². The van der Waals surface area contributed by atoms with Gasteiger partial charge in [-0.05, 0) is 73.8 Å². The van der Waals surface area contributed by atoms with Crippen molar-refractivity contribution >= 4 is 0 Å². The zero-order valence-corrected chi connectivity index (χ0v) is 12.0. The Bertz CT molecular complexity index is 593. The first-order valence-corrected chi connectivity index (χ1v) is 7.39. The average molecular weight is 250 g/mol. The molecule has 0 saturated carbocycles. The van der Waals surface area contributed by atoms with Crippen molar-refractivity contribution in [3.05, 3.63) is 69.8 Å². The fourth-order valence-corrected chi connectivity index (χ4v) is 3.19. The molecule has 2 aromatic rings. The summed E-state index contributed by atoms with van der Waals surface area (Å²) in [6.07, 6.45) is 6.23. The van der Waals surface area contributed by atoms with Gasteiger partial charge in [0.05, 0.1) is 0 Å². The maximum absolute atomic E-state index is 2.44. The normalized spacial score (nSPS) is 13.6. The van der Waals surface area contributed by atoms with Crippen molar-refractivity contribution in [2.45, 2.75) is 46.0 Å². The van der Waals surface area contributed by atoms with Crippen LogP contribution in [0.2, 0.25) is 0 Å². The minimum Gasteiger partial charge on any atom is -0.0590 e. The summed E-state index contributed by atoms with van der Waals surface area (Å²) in [6, 6.07) is 13.9.